The number of carboxylic acid groups (broad SMARTS) is 1. The lowest BCUT2D eigenvalue weighted by molar-refractivity contribution is -0.137. The number of rotatable bonds is 6. The molecule has 2 aromatic heterocycles. The molecule has 0 aliphatic rings. The van der Waals surface area contributed by atoms with Crippen LogP contribution in [0.2, 0.25) is 0 Å². The summed E-state index contributed by atoms with van der Waals surface area (Å²) in [6.45, 7) is 7.54. The first-order valence-electron chi connectivity index (χ1n) is 7.33. The van der Waals surface area contributed by atoms with Gasteiger partial charge in [0.05, 0.1) is 5.69 Å². The molecule has 0 unspecified atom stereocenters. The number of hydrogen-bond donors (Lipinski definition) is 1. The monoisotopic (exact) mass is 336 g/mol. The summed E-state index contributed by atoms with van der Waals surface area (Å²) in [6, 6.07) is 3.65. The largest absolute Gasteiger partial charge is 0.480 e. The molecule has 7 heteroatoms. The number of aromatic nitrogens is 1. The van der Waals surface area contributed by atoms with Gasteiger partial charge >= 0.3 is 5.97 Å². The predicted molar refractivity (Wildman–Crippen MR) is 87.7 cm³/mol. The second-order valence-electron chi connectivity index (χ2n) is 5.82. The highest BCUT2D eigenvalue weighted by Gasteiger charge is 2.24. The molecule has 1 N–H and O–H groups in total. The van der Waals surface area contributed by atoms with Gasteiger partial charge in [-0.1, -0.05) is 13.8 Å². The maximum absolute atomic E-state index is 12.7. The van der Waals surface area contributed by atoms with Crippen molar-refractivity contribution in [1.29, 1.82) is 0 Å². The molecule has 0 radical (unpaired) electrons. The number of amides is 1. The first-order chi connectivity index (χ1) is 10.8. The van der Waals surface area contributed by atoms with Gasteiger partial charge in [0.25, 0.3) is 5.91 Å². The Morgan fingerprint density at radius 1 is 1.35 bits per heavy atom. The Balaban J connectivity index is 2.30. The van der Waals surface area contributed by atoms with Crippen LogP contribution >= 0.6 is 11.3 Å². The smallest absolute Gasteiger partial charge is 0.323 e. The van der Waals surface area contributed by atoms with Crippen molar-refractivity contribution in [1.82, 2.24) is 9.88 Å². The van der Waals surface area contributed by atoms with E-state index in [-0.39, 0.29) is 18.4 Å². The Kier molecular flexibility index (Phi) is 5.20. The fourth-order valence-electron chi connectivity index (χ4n) is 2.22. The summed E-state index contributed by atoms with van der Waals surface area (Å²) in [6.07, 6.45) is 0. The molecule has 2 heterocycles. The van der Waals surface area contributed by atoms with Gasteiger partial charge in [-0.05, 0) is 31.9 Å². The van der Waals surface area contributed by atoms with Crippen LogP contribution in [-0.2, 0) is 4.79 Å². The second kappa shape index (κ2) is 6.95. The van der Waals surface area contributed by atoms with Crippen molar-refractivity contribution < 1.29 is 19.1 Å². The zero-order valence-corrected chi connectivity index (χ0v) is 14.4. The fraction of sp³-hybridized carbons (Fsp3) is 0.438. The maximum Gasteiger partial charge on any atom is 0.323 e. The second-order valence-corrected chi connectivity index (χ2v) is 6.82. The highest BCUT2D eigenvalue weighted by Crippen LogP contribution is 2.30. The van der Waals surface area contributed by atoms with Crippen LogP contribution in [0.1, 0.15) is 35.0 Å². The minimum atomic E-state index is -1.02. The molecule has 2 aromatic rings. The molecule has 0 spiro atoms. The number of carbonyl (C=O) groups is 2. The summed E-state index contributed by atoms with van der Waals surface area (Å²) in [7, 11) is 0. The first-order valence-corrected chi connectivity index (χ1v) is 8.15. The molecular formula is C16H20N2O4S. The van der Waals surface area contributed by atoms with Crippen molar-refractivity contribution in [3.8, 4) is 10.8 Å². The highest BCUT2D eigenvalue weighted by molar-refractivity contribution is 7.17. The van der Waals surface area contributed by atoms with Crippen LogP contribution in [0.3, 0.4) is 0 Å². The van der Waals surface area contributed by atoms with Crippen LogP contribution in [0, 0.1) is 19.8 Å². The Hall–Kier alpha value is -2.15. The quantitative estimate of drug-likeness (QED) is 0.876. The van der Waals surface area contributed by atoms with E-state index in [0.717, 1.165) is 5.76 Å². The van der Waals surface area contributed by atoms with E-state index >= 15 is 0 Å². The summed E-state index contributed by atoms with van der Waals surface area (Å²) in [4.78, 5) is 29.9. The fourth-order valence-corrected chi connectivity index (χ4v) is 3.21. The average Bonchev–Trinajstić information content (AvgIpc) is 3.02. The molecule has 23 heavy (non-hydrogen) atoms. The van der Waals surface area contributed by atoms with Crippen LogP contribution in [0.15, 0.2) is 16.5 Å². The average molecular weight is 336 g/mol. The zero-order valence-electron chi connectivity index (χ0n) is 13.6. The molecule has 0 aromatic carbocycles. The molecule has 0 bridgehead atoms. The van der Waals surface area contributed by atoms with Crippen molar-refractivity contribution >= 4 is 23.2 Å². The van der Waals surface area contributed by atoms with Crippen molar-refractivity contribution in [3.05, 3.63) is 28.5 Å². The van der Waals surface area contributed by atoms with Crippen LogP contribution in [-0.4, -0.2) is 40.0 Å². The van der Waals surface area contributed by atoms with Crippen LogP contribution in [0.25, 0.3) is 10.8 Å². The topological polar surface area (TPSA) is 83.6 Å². The van der Waals surface area contributed by atoms with E-state index in [2.05, 4.69) is 4.98 Å². The minimum absolute atomic E-state index is 0.179. The number of hydrogen-bond acceptors (Lipinski definition) is 5. The van der Waals surface area contributed by atoms with E-state index in [1.165, 1.54) is 16.2 Å². The number of nitrogens with zero attached hydrogens (tertiary/aromatic N) is 2. The number of furan rings is 1. The van der Waals surface area contributed by atoms with E-state index in [1.807, 2.05) is 32.9 Å². The standard InChI is InChI=1S/C16H20N2O4S/c1-9(2)7-18(8-13(19)20)16(21)14-11(4)17-15(23-14)12-6-5-10(3)22-12/h5-6,9H,7-8H2,1-4H3,(H,19,20). The van der Waals surface area contributed by atoms with E-state index in [9.17, 15) is 9.59 Å². The van der Waals surface area contributed by atoms with E-state index in [4.69, 9.17) is 9.52 Å². The third-order valence-electron chi connectivity index (χ3n) is 3.14. The highest BCUT2D eigenvalue weighted by atomic mass is 32.1. The maximum atomic E-state index is 12.7. The Morgan fingerprint density at radius 2 is 2.04 bits per heavy atom. The molecule has 124 valence electrons. The molecule has 0 aliphatic heterocycles. The molecule has 0 saturated carbocycles. The van der Waals surface area contributed by atoms with Gasteiger partial charge in [0.15, 0.2) is 10.8 Å². The summed E-state index contributed by atoms with van der Waals surface area (Å²) in [5.41, 5.74) is 0.586. The van der Waals surface area contributed by atoms with Gasteiger partial charge in [-0.2, -0.15) is 0 Å². The molecule has 0 aliphatic carbocycles. The van der Waals surface area contributed by atoms with Gasteiger partial charge in [0.1, 0.15) is 17.2 Å². The van der Waals surface area contributed by atoms with Crippen LogP contribution in [0.4, 0.5) is 0 Å². The summed E-state index contributed by atoms with van der Waals surface area (Å²) >= 11 is 1.23. The predicted octanol–water partition coefficient (Wildman–Crippen LogP) is 3.20. The lowest BCUT2D eigenvalue weighted by Crippen LogP contribution is -2.38. The van der Waals surface area contributed by atoms with Crippen LogP contribution in [0.5, 0.6) is 0 Å². The Labute approximate surface area is 138 Å². The number of thiazole rings is 1. The summed E-state index contributed by atoms with van der Waals surface area (Å²) in [5, 5.41) is 9.65. The van der Waals surface area contributed by atoms with Crippen molar-refractivity contribution in [3.63, 3.8) is 0 Å². The Morgan fingerprint density at radius 3 is 2.57 bits per heavy atom. The van der Waals surface area contributed by atoms with Crippen molar-refractivity contribution in [2.75, 3.05) is 13.1 Å². The Bertz CT molecular complexity index is 717. The molecule has 0 saturated heterocycles. The van der Waals surface area contributed by atoms with Gasteiger partial charge in [-0.3, -0.25) is 9.59 Å². The molecular weight excluding hydrogens is 316 g/mol. The number of carboxylic acids is 1. The van der Waals surface area contributed by atoms with Gasteiger partial charge in [-0.25, -0.2) is 4.98 Å². The lowest BCUT2D eigenvalue weighted by atomic mass is 10.2. The van der Waals surface area contributed by atoms with Crippen molar-refractivity contribution in [2.24, 2.45) is 5.92 Å². The molecule has 6 nitrogen and oxygen atoms in total. The van der Waals surface area contributed by atoms with E-state index in [0.29, 0.717) is 27.9 Å². The van der Waals surface area contributed by atoms with Gasteiger partial charge < -0.3 is 14.4 Å². The van der Waals surface area contributed by atoms with E-state index < -0.39 is 5.97 Å². The van der Waals surface area contributed by atoms with Gasteiger partial charge in [0, 0.05) is 6.54 Å². The number of aliphatic carboxylic acids is 1. The van der Waals surface area contributed by atoms with Gasteiger partial charge in [-0.15, -0.1) is 11.3 Å². The molecule has 0 fully saturated rings. The first kappa shape index (κ1) is 17.2. The molecule has 2 rings (SSSR count). The normalized spacial score (nSPS) is 11.0. The third-order valence-corrected chi connectivity index (χ3v) is 4.30. The minimum Gasteiger partial charge on any atom is -0.480 e. The molecule has 1 amide bonds. The third kappa shape index (κ3) is 4.19. The van der Waals surface area contributed by atoms with Crippen molar-refractivity contribution in [2.45, 2.75) is 27.7 Å². The summed E-state index contributed by atoms with van der Waals surface area (Å²) in [5.74, 6) is 0.240. The molecule has 0 atom stereocenters. The van der Waals surface area contributed by atoms with Crippen LogP contribution < -0.4 is 0 Å². The summed E-state index contributed by atoms with van der Waals surface area (Å²) < 4.78 is 5.54. The van der Waals surface area contributed by atoms with Gasteiger partial charge in [0.2, 0.25) is 0 Å². The lowest BCUT2D eigenvalue weighted by Gasteiger charge is -2.22. The number of aryl methyl sites for hydroxylation is 2. The van der Waals surface area contributed by atoms with E-state index in [1.54, 1.807) is 6.92 Å². The number of carbonyl (C=O) groups excluding carboxylic acids is 1. The zero-order chi connectivity index (χ0) is 17.1. The SMILES string of the molecule is Cc1ccc(-c2nc(C)c(C(=O)N(CC(=O)O)CC(C)C)s2)o1.